The highest BCUT2D eigenvalue weighted by Crippen LogP contribution is 2.34. The van der Waals surface area contributed by atoms with Crippen molar-refractivity contribution in [2.45, 2.75) is 27.2 Å². The lowest BCUT2D eigenvalue weighted by Gasteiger charge is -2.22. The monoisotopic (exact) mass is 447 g/mol. The highest BCUT2D eigenvalue weighted by atomic mass is 35.5. The van der Waals surface area contributed by atoms with E-state index >= 15 is 0 Å². The molecule has 3 rings (SSSR count). The van der Waals surface area contributed by atoms with E-state index in [0.717, 1.165) is 38.8 Å². The summed E-state index contributed by atoms with van der Waals surface area (Å²) in [7, 11) is 4.03. The van der Waals surface area contributed by atoms with Gasteiger partial charge in [-0.1, -0.05) is 41.2 Å². The first kappa shape index (κ1) is 24.1. The SMILES string of the molecule is CCOc1cccc2sc(N(CCN(C)C)C(=O)Cc3cc(C)ccc3C)nc12.Cl. The molecule has 1 amide bonds. The number of rotatable bonds is 8. The summed E-state index contributed by atoms with van der Waals surface area (Å²) in [6, 6.07) is 12.2. The van der Waals surface area contributed by atoms with Gasteiger partial charge in [-0.15, -0.1) is 12.4 Å². The molecule has 0 spiro atoms. The van der Waals surface area contributed by atoms with Gasteiger partial charge in [0.05, 0.1) is 17.7 Å². The predicted molar refractivity (Wildman–Crippen MR) is 129 cm³/mol. The first-order valence-corrected chi connectivity index (χ1v) is 10.7. The molecule has 5 nitrogen and oxygen atoms in total. The fraction of sp³-hybridized carbons (Fsp3) is 0.391. The van der Waals surface area contributed by atoms with E-state index in [1.54, 1.807) is 0 Å². The Balaban J connectivity index is 0.00000320. The van der Waals surface area contributed by atoms with Gasteiger partial charge in [0.25, 0.3) is 0 Å². The van der Waals surface area contributed by atoms with Gasteiger partial charge in [-0.2, -0.15) is 0 Å². The number of halogens is 1. The Morgan fingerprint density at radius 1 is 1.13 bits per heavy atom. The van der Waals surface area contributed by atoms with Crippen LogP contribution in [-0.2, 0) is 11.2 Å². The van der Waals surface area contributed by atoms with Crippen molar-refractivity contribution in [3.63, 3.8) is 0 Å². The molecular formula is C23H30ClN3O2S. The lowest BCUT2D eigenvalue weighted by atomic mass is 10.0. The van der Waals surface area contributed by atoms with Gasteiger partial charge in [0.1, 0.15) is 11.3 Å². The third kappa shape index (κ3) is 5.72. The molecule has 1 aromatic heterocycles. The second-order valence-electron chi connectivity index (χ2n) is 7.49. The second kappa shape index (κ2) is 10.8. The van der Waals surface area contributed by atoms with Crippen LogP contribution in [0.2, 0.25) is 0 Å². The van der Waals surface area contributed by atoms with Crippen molar-refractivity contribution in [3.05, 3.63) is 53.1 Å². The predicted octanol–water partition coefficient (Wildman–Crippen LogP) is 4.87. The number of fused-ring (bicyclic) bond motifs is 1. The fourth-order valence-corrected chi connectivity index (χ4v) is 4.20. The molecule has 0 N–H and O–H groups in total. The molecule has 0 aliphatic rings. The lowest BCUT2D eigenvalue weighted by molar-refractivity contribution is -0.118. The van der Waals surface area contributed by atoms with Gasteiger partial charge in [0.2, 0.25) is 5.91 Å². The zero-order chi connectivity index (χ0) is 21.0. The van der Waals surface area contributed by atoms with Crippen LogP contribution < -0.4 is 9.64 Å². The van der Waals surface area contributed by atoms with E-state index in [4.69, 9.17) is 9.72 Å². The van der Waals surface area contributed by atoms with Crippen molar-refractivity contribution >= 4 is 45.0 Å². The fourth-order valence-electron chi connectivity index (χ4n) is 3.18. The quantitative estimate of drug-likeness (QED) is 0.494. The molecule has 3 aromatic rings. The zero-order valence-electron chi connectivity index (χ0n) is 18.3. The van der Waals surface area contributed by atoms with E-state index in [1.807, 2.05) is 44.1 Å². The Morgan fingerprint density at radius 2 is 1.90 bits per heavy atom. The summed E-state index contributed by atoms with van der Waals surface area (Å²) in [6.07, 6.45) is 0.370. The number of hydrogen-bond acceptors (Lipinski definition) is 5. The van der Waals surface area contributed by atoms with Crippen LogP contribution in [0, 0.1) is 13.8 Å². The van der Waals surface area contributed by atoms with Crippen LogP contribution in [0.1, 0.15) is 23.6 Å². The Labute approximate surface area is 189 Å². The largest absolute Gasteiger partial charge is 0.492 e. The molecule has 0 radical (unpaired) electrons. The number of anilines is 1. The smallest absolute Gasteiger partial charge is 0.233 e. The van der Waals surface area contributed by atoms with Crippen LogP contribution in [0.3, 0.4) is 0 Å². The van der Waals surface area contributed by atoms with Gasteiger partial charge < -0.3 is 9.64 Å². The average Bonchev–Trinajstić information content (AvgIpc) is 3.10. The summed E-state index contributed by atoms with van der Waals surface area (Å²) in [4.78, 5) is 22.0. The molecule has 0 aliphatic heterocycles. The first-order valence-electron chi connectivity index (χ1n) is 9.92. The molecule has 0 saturated heterocycles. The summed E-state index contributed by atoms with van der Waals surface area (Å²) in [5, 5.41) is 0.726. The van der Waals surface area contributed by atoms with Crippen LogP contribution >= 0.6 is 23.7 Å². The summed E-state index contributed by atoms with van der Waals surface area (Å²) in [5.74, 6) is 0.833. The third-order valence-electron chi connectivity index (χ3n) is 4.82. The van der Waals surface area contributed by atoms with Crippen molar-refractivity contribution in [2.24, 2.45) is 0 Å². The zero-order valence-corrected chi connectivity index (χ0v) is 19.9. The van der Waals surface area contributed by atoms with E-state index in [0.29, 0.717) is 19.6 Å². The molecule has 0 unspecified atom stereocenters. The maximum Gasteiger partial charge on any atom is 0.233 e. The van der Waals surface area contributed by atoms with Crippen LogP contribution in [-0.4, -0.2) is 49.6 Å². The number of aromatic nitrogens is 1. The van der Waals surface area contributed by atoms with Crippen LogP contribution in [0.4, 0.5) is 5.13 Å². The number of hydrogen-bond donors (Lipinski definition) is 0. The minimum absolute atomic E-state index is 0. The van der Waals surface area contributed by atoms with Crippen molar-refractivity contribution in [1.82, 2.24) is 9.88 Å². The maximum atomic E-state index is 13.3. The molecule has 162 valence electrons. The van der Waals surface area contributed by atoms with E-state index in [9.17, 15) is 4.79 Å². The normalized spacial score (nSPS) is 10.9. The highest BCUT2D eigenvalue weighted by Gasteiger charge is 2.22. The van der Waals surface area contributed by atoms with E-state index in [1.165, 1.54) is 16.9 Å². The van der Waals surface area contributed by atoms with Gasteiger partial charge in [-0.05, 0) is 58.1 Å². The second-order valence-corrected chi connectivity index (χ2v) is 8.50. The molecular weight excluding hydrogens is 418 g/mol. The number of ether oxygens (including phenoxy) is 1. The summed E-state index contributed by atoms with van der Waals surface area (Å²) in [6.45, 7) is 8.02. The molecule has 0 saturated carbocycles. The van der Waals surface area contributed by atoms with Gasteiger partial charge in [0.15, 0.2) is 5.13 Å². The molecule has 30 heavy (non-hydrogen) atoms. The van der Waals surface area contributed by atoms with Crippen molar-refractivity contribution in [3.8, 4) is 5.75 Å². The number of likely N-dealkylation sites (N-methyl/N-ethyl adjacent to an activating group) is 1. The highest BCUT2D eigenvalue weighted by molar-refractivity contribution is 7.22. The molecule has 7 heteroatoms. The number of carbonyl (C=O) groups excluding carboxylic acids is 1. The summed E-state index contributed by atoms with van der Waals surface area (Å²) < 4.78 is 6.76. The average molecular weight is 448 g/mol. The Kier molecular flexibility index (Phi) is 8.65. The van der Waals surface area contributed by atoms with Crippen molar-refractivity contribution in [1.29, 1.82) is 0 Å². The lowest BCUT2D eigenvalue weighted by Crippen LogP contribution is -2.37. The van der Waals surface area contributed by atoms with Crippen LogP contribution in [0.25, 0.3) is 10.2 Å². The summed E-state index contributed by atoms with van der Waals surface area (Å²) in [5.41, 5.74) is 4.20. The molecule has 0 fully saturated rings. The molecule has 0 bridgehead atoms. The number of para-hydroxylation sites is 1. The summed E-state index contributed by atoms with van der Waals surface area (Å²) >= 11 is 1.54. The van der Waals surface area contributed by atoms with Crippen molar-refractivity contribution in [2.75, 3.05) is 38.7 Å². The minimum Gasteiger partial charge on any atom is -0.492 e. The van der Waals surface area contributed by atoms with Crippen LogP contribution in [0.15, 0.2) is 36.4 Å². The number of amides is 1. The number of aryl methyl sites for hydroxylation is 2. The van der Waals surface area contributed by atoms with E-state index in [-0.39, 0.29) is 18.3 Å². The number of benzene rings is 2. The topological polar surface area (TPSA) is 45.7 Å². The maximum absolute atomic E-state index is 13.3. The number of nitrogens with zero attached hydrogens (tertiary/aromatic N) is 3. The number of carbonyl (C=O) groups is 1. The molecule has 0 atom stereocenters. The van der Waals surface area contributed by atoms with E-state index in [2.05, 4.69) is 36.9 Å². The standard InChI is InChI=1S/C23H29N3O2S.ClH/c1-6-28-19-8-7-9-20-22(19)24-23(29-20)26(13-12-25(4)5)21(27)15-18-14-16(2)10-11-17(18)3;/h7-11,14H,6,12-13,15H2,1-5H3;1H. The Hall–Kier alpha value is -2.15. The first-order chi connectivity index (χ1) is 13.9. The van der Waals surface area contributed by atoms with Crippen molar-refractivity contribution < 1.29 is 9.53 Å². The van der Waals surface area contributed by atoms with E-state index < -0.39 is 0 Å². The van der Waals surface area contributed by atoms with Gasteiger partial charge in [0, 0.05) is 13.1 Å². The Bertz CT molecular complexity index is 1000. The van der Waals surface area contributed by atoms with Gasteiger partial charge >= 0.3 is 0 Å². The molecule has 2 aromatic carbocycles. The third-order valence-corrected chi connectivity index (χ3v) is 5.86. The minimum atomic E-state index is 0. The molecule has 0 aliphatic carbocycles. The van der Waals surface area contributed by atoms with Crippen LogP contribution in [0.5, 0.6) is 5.75 Å². The van der Waals surface area contributed by atoms with Gasteiger partial charge in [-0.3, -0.25) is 9.69 Å². The Morgan fingerprint density at radius 3 is 2.60 bits per heavy atom. The molecule has 1 heterocycles. The number of thiazole rings is 1. The van der Waals surface area contributed by atoms with Gasteiger partial charge in [-0.25, -0.2) is 4.98 Å².